The first-order chi connectivity index (χ1) is 37.4. The average Bonchev–Trinajstić information content (AvgIpc) is 4.15. The largest absolute Gasteiger partial charge is 0.508 e. The number of hydrogen-bond donors (Lipinski definition) is 2. The molecule has 76 heavy (non-hydrogen) atoms. The fourth-order valence-corrected chi connectivity index (χ4v) is 9.84. The normalized spacial score (nSPS) is 15.2. The molecule has 2 atom stereocenters. The maximum Gasteiger partial charge on any atom is 0.204 e. The van der Waals surface area contributed by atoms with Gasteiger partial charge in [-0.1, -0.05) is 133 Å². The number of aromatic nitrogens is 8. The van der Waals surface area contributed by atoms with Gasteiger partial charge < -0.3 is 19.7 Å². The van der Waals surface area contributed by atoms with E-state index in [2.05, 4.69) is 148 Å². The summed E-state index contributed by atoms with van der Waals surface area (Å²) in [6.07, 6.45) is 0. The summed E-state index contributed by atoms with van der Waals surface area (Å²) in [5, 5.41) is 62.5. The molecular weight excluding hydrogens is 957 g/mol. The standard InChI is InChI=1S/2C29H31N7O2/c30-13-19-38-20-18-36-29(31-32-33-36)25-11-9-24(10-12-25)28(26-7-4-8-27(37)21-26)35-16-14-34(15-17-35)22-23-5-2-1-3-6-23;30-13-19-38-20-18-36-32-29(31-33-36)25-11-9-24(10-12-25)28(26-7-4-8-27(37)21-26)35-16-14-34(15-17-35)22-23-5-2-1-3-6-23/h2*1-12,21,28,37H,14-20,22H2. The third-order valence-electron chi connectivity index (χ3n) is 13.6. The van der Waals surface area contributed by atoms with E-state index in [0.717, 1.165) is 98.8 Å². The van der Waals surface area contributed by atoms with E-state index >= 15 is 0 Å². The van der Waals surface area contributed by atoms with Crippen molar-refractivity contribution in [2.45, 2.75) is 38.3 Å². The van der Waals surface area contributed by atoms with E-state index in [9.17, 15) is 10.2 Å². The number of rotatable bonds is 20. The van der Waals surface area contributed by atoms with E-state index in [1.807, 2.05) is 60.7 Å². The van der Waals surface area contributed by atoms with Gasteiger partial charge >= 0.3 is 0 Å². The van der Waals surface area contributed by atoms with Crippen molar-refractivity contribution in [2.24, 2.45) is 0 Å². The summed E-state index contributed by atoms with van der Waals surface area (Å²) in [7, 11) is 0. The van der Waals surface area contributed by atoms with Crippen molar-refractivity contribution in [1.29, 1.82) is 10.5 Å². The second kappa shape index (κ2) is 26.8. The monoisotopic (exact) mass is 1020 g/mol. The van der Waals surface area contributed by atoms with Crippen molar-refractivity contribution in [1.82, 2.24) is 60.0 Å². The van der Waals surface area contributed by atoms with Crippen LogP contribution >= 0.6 is 0 Å². The lowest BCUT2D eigenvalue weighted by molar-refractivity contribution is 0.105. The fourth-order valence-electron chi connectivity index (χ4n) is 9.84. The molecule has 2 unspecified atom stereocenters. The van der Waals surface area contributed by atoms with E-state index in [4.69, 9.17) is 20.0 Å². The second-order valence-electron chi connectivity index (χ2n) is 18.7. The molecular formula is C58H62N14O4. The molecule has 2 saturated heterocycles. The van der Waals surface area contributed by atoms with Crippen LogP contribution in [0.3, 0.4) is 0 Å². The van der Waals surface area contributed by atoms with E-state index < -0.39 is 0 Å². The highest BCUT2D eigenvalue weighted by molar-refractivity contribution is 5.56. The number of ether oxygens (including phenoxy) is 2. The molecule has 0 saturated carbocycles. The zero-order valence-corrected chi connectivity index (χ0v) is 42.5. The minimum absolute atomic E-state index is 0.0189. The molecule has 4 heterocycles. The Morgan fingerprint density at radius 3 is 1.47 bits per heavy atom. The lowest BCUT2D eigenvalue weighted by Crippen LogP contribution is -2.47. The molecule has 10 rings (SSSR count). The van der Waals surface area contributed by atoms with Crippen molar-refractivity contribution in [3.63, 3.8) is 0 Å². The van der Waals surface area contributed by atoms with E-state index in [1.54, 1.807) is 16.8 Å². The van der Waals surface area contributed by atoms with Crippen LogP contribution in [0.1, 0.15) is 45.5 Å². The smallest absolute Gasteiger partial charge is 0.204 e. The Morgan fingerprint density at radius 1 is 0.500 bits per heavy atom. The Hall–Kier alpha value is -8.20. The molecule has 0 amide bonds. The molecule has 0 bridgehead atoms. The molecule has 2 aliphatic rings. The zero-order chi connectivity index (χ0) is 52.3. The van der Waals surface area contributed by atoms with Crippen LogP contribution in [-0.2, 0) is 35.7 Å². The molecule has 388 valence electrons. The Labute approximate surface area is 443 Å². The van der Waals surface area contributed by atoms with E-state index in [0.29, 0.717) is 38.0 Å². The Bertz CT molecular complexity index is 3110. The van der Waals surface area contributed by atoms with Gasteiger partial charge in [-0.25, -0.2) is 4.68 Å². The minimum Gasteiger partial charge on any atom is -0.508 e. The summed E-state index contributed by atoms with van der Waals surface area (Å²) in [6.45, 7) is 11.2. The van der Waals surface area contributed by atoms with Crippen LogP contribution in [0, 0.1) is 22.7 Å². The predicted molar refractivity (Wildman–Crippen MR) is 286 cm³/mol. The molecule has 2 fully saturated rings. The minimum atomic E-state index is 0.0189. The Balaban J connectivity index is 0.000000186. The fraction of sp³-hybridized carbons (Fsp3) is 0.310. The Kier molecular flexibility index (Phi) is 18.6. The van der Waals surface area contributed by atoms with Crippen molar-refractivity contribution < 1.29 is 19.7 Å². The summed E-state index contributed by atoms with van der Waals surface area (Å²) in [5.41, 5.74) is 8.87. The maximum absolute atomic E-state index is 10.2. The van der Waals surface area contributed by atoms with Crippen LogP contribution in [0.25, 0.3) is 22.8 Å². The van der Waals surface area contributed by atoms with Crippen molar-refractivity contribution in [2.75, 3.05) is 78.8 Å². The van der Waals surface area contributed by atoms with Gasteiger partial charge in [0.05, 0.1) is 50.5 Å². The number of benzene rings is 6. The molecule has 18 nitrogen and oxygen atoms in total. The first kappa shape index (κ1) is 52.7. The topological polar surface area (TPSA) is 207 Å². The summed E-state index contributed by atoms with van der Waals surface area (Å²) < 4.78 is 12.1. The molecule has 0 aliphatic carbocycles. The molecule has 2 N–H and O–H groups in total. The lowest BCUT2D eigenvalue weighted by atomic mass is 9.95. The first-order valence-electron chi connectivity index (χ1n) is 25.6. The van der Waals surface area contributed by atoms with Crippen LogP contribution in [0.4, 0.5) is 0 Å². The SMILES string of the molecule is N#CCOCCn1nnc(-c2ccc(C(c3cccc(O)c3)N3CCN(Cc4ccccc4)CC3)cc2)n1.N#CCOCCn1nnnc1-c1ccc(C(c2cccc(O)c2)N2CCN(Cc3ccccc3)CC2)cc1. The van der Waals surface area contributed by atoms with Gasteiger partial charge in [0.2, 0.25) is 5.82 Å². The molecule has 2 aromatic heterocycles. The van der Waals surface area contributed by atoms with Gasteiger partial charge in [0.15, 0.2) is 5.82 Å². The van der Waals surface area contributed by atoms with Crippen LogP contribution in [0.15, 0.2) is 158 Å². The summed E-state index contributed by atoms with van der Waals surface area (Å²) in [4.78, 5) is 11.4. The second-order valence-corrected chi connectivity index (χ2v) is 18.7. The van der Waals surface area contributed by atoms with Crippen LogP contribution in [-0.4, -0.2) is 149 Å². The quantitative estimate of drug-likeness (QED) is 0.0738. The number of nitriles is 2. The third-order valence-corrected chi connectivity index (χ3v) is 13.6. The van der Waals surface area contributed by atoms with Crippen LogP contribution in [0.5, 0.6) is 11.5 Å². The average molecular weight is 1020 g/mol. The van der Waals surface area contributed by atoms with Crippen LogP contribution < -0.4 is 0 Å². The summed E-state index contributed by atoms with van der Waals surface area (Å²) in [6, 6.07) is 56.8. The van der Waals surface area contributed by atoms with Gasteiger partial charge in [-0.05, 0) is 73.3 Å². The third kappa shape index (κ3) is 14.3. The van der Waals surface area contributed by atoms with Crippen LogP contribution in [0.2, 0.25) is 0 Å². The molecule has 0 spiro atoms. The number of nitrogens with zero attached hydrogens (tertiary/aromatic N) is 14. The highest BCUT2D eigenvalue weighted by Crippen LogP contribution is 2.34. The number of phenols is 2. The molecule has 8 aromatic rings. The van der Waals surface area contributed by atoms with Gasteiger partial charge in [-0.15, -0.1) is 15.3 Å². The van der Waals surface area contributed by atoms with Crippen molar-refractivity contribution in [3.05, 3.63) is 191 Å². The van der Waals surface area contributed by atoms with E-state index in [-0.39, 0.29) is 36.8 Å². The van der Waals surface area contributed by atoms with E-state index in [1.165, 1.54) is 15.9 Å². The van der Waals surface area contributed by atoms with Gasteiger partial charge in [0.25, 0.3) is 0 Å². The number of piperazine rings is 2. The van der Waals surface area contributed by atoms with Gasteiger partial charge in [-0.3, -0.25) is 19.6 Å². The van der Waals surface area contributed by atoms with Gasteiger partial charge in [-0.2, -0.15) is 15.3 Å². The van der Waals surface area contributed by atoms with Crippen molar-refractivity contribution in [3.8, 4) is 46.4 Å². The Morgan fingerprint density at radius 2 is 0.987 bits per heavy atom. The molecule has 6 aromatic carbocycles. The molecule has 0 radical (unpaired) electrons. The summed E-state index contributed by atoms with van der Waals surface area (Å²) in [5.74, 6) is 1.73. The summed E-state index contributed by atoms with van der Waals surface area (Å²) >= 11 is 0. The van der Waals surface area contributed by atoms with Crippen molar-refractivity contribution >= 4 is 0 Å². The molecule has 18 heteroatoms. The number of phenolic OH excluding ortho intramolecular Hbond substituents is 2. The first-order valence-corrected chi connectivity index (χ1v) is 25.6. The highest BCUT2D eigenvalue weighted by atomic mass is 16.5. The van der Waals surface area contributed by atoms with Gasteiger partial charge in [0, 0.05) is 76.6 Å². The zero-order valence-electron chi connectivity index (χ0n) is 42.5. The number of hydrogen-bond acceptors (Lipinski definition) is 16. The lowest BCUT2D eigenvalue weighted by Gasteiger charge is -2.40. The predicted octanol–water partition coefficient (Wildman–Crippen LogP) is 6.99. The maximum atomic E-state index is 10.2. The highest BCUT2D eigenvalue weighted by Gasteiger charge is 2.29. The number of tetrazole rings is 2. The number of aromatic hydroxyl groups is 2. The van der Waals surface area contributed by atoms with Gasteiger partial charge in [0.1, 0.15) is 24.7 Å². The molecule has 2 aliphatic heterocycles.